The molecule has 0 spiro atoms. The Morgan fingerprint density at radius 3 is 2.45 bits per heavy atom. The van der Waals surface area contributed by atoms with Crippen molar-refractivity contribution < 1.29 is 38.3 Å². The minimum atomic E-state index is -0.992. The number of nitrogens with one attached hydrogen (secondary N) is 2. The molecular weight excluding hydrogens is 674 g/mol. The van der Waals surface area contributed by atoms with Crippen molar-refractivity contribution in [1.82, 2.24) is 15.2 Å². The second kappa shape index (κ2) is 15.3. The molecule has 15 nitrogen and oxygen atoms in total. The largest absolute Gasteiger partial charge is 0.426 e. The first-order chi connectivity index (χ1) is 22.0. The summed E-state index contributed by atoms with van der Waals surface area (Å²) < 4.78 is 9.56. The van der Waals surface area contributed by atoms with Crippen LogP contribution in [0.25, 0.3) is 0 Å². The van der Waals surface area contributed by atoms with Crippen LogP contribution in [0.15, 0.2) is 34.8 Å². The Balaban J connectivity index is 0.00000500. The summed E-state index contributed by atoms with van der Waals surface area (Å²) in [7, 11) is 0. The molecule has 0 unspecified atom stereocenters. The van der Waals surface area contributed by atoms with Crippen molar-refractivity contribution in [2.75, 3.05) is 24.4 Å². The summed E-state index contributed by atoms with van der Waals surface area (Å²) in [6.45, 7) is 2.71. The summed E-state index contributed by atoms with van der Waals surface area (Å²) in [4.78, 5) is 74.9. The van der Waals surface area contributed by atoms with E-state index in [1.54, 1.807) is 19.2 Å². The second-order valence-electron chi connectivity index (χ2n) is 11.4. The number of fused-ring (bicyclic) bond motifs is 1. The van der Waals surface area contributed by atoms with Gasteiger partial charge in [-0.05, 0) is 63.8 Å². The van der Waals surface area contributed by atoms with Gasteiger partial charge in [0.25, 0.3) is 5.91 Å². The SMILES string of the molecule is CC1(C)S[C@@H]2[C@@H](NC(=O)/C(=N\OC3CCCCC3)c3csc(N)n3)C(=O)N2[C@H]1C(=O)OCOC(=O)c1ccc(NC(=O)CN)cc1.Cl. The summed E-state index contributed by atoms with van der Waals surface area (Å²) in [5.41, 5.74) is 11.8. The Hall–Kier alpha value is -3.93. The van der Waals surface area contributed by atoms with E-state index in [1.807, 2.05) is 0 Å². The zero-order chi connectivity index (χ0) is 33.0. The number of oxime groups is 1. The van der Waals surface area contributed by atoms with Crippen molar-refractivity contribution in [3.05, 3.63) is 40.9 Å². The van der Waals surface area contributed by atoms with Crippen molar-refractivity contribution in [1.29, 1.82) is 0 Å². The molecule has 254 valence electrons. The Kier molecular flexibility index (Phi) is 11.7. The number of nitrogens with zero attached hydrogens (tertiary/aromatic N) is 3. The number of rotatable bonds is 11. The van der Waals surface area contributed by atoms with E-state index < -0.39 is 52.8 Å². The number of aromatic nitrogens is 1. The third kappa shape index (κ3) is 8.14. The number of hydrogen-bond donors (Lipinski definition) is 4. The van der Waals surface area contributed by atoms with Crippen LogP contribution in [-0.4, -0.2) is 86.9 Å². The zero-order valence-electron chi connectivity index (χ0n) is 25.6. The third-order valence-corrected chi connectivity index (χ3v) is 10.0. The smallest absolute Gasteiger partial charge is 0.341 e. The number of amides is 3. The van der Waals surface area contributed by atoms with E-state index in [4.69, 9.17) is 25.8 Å². The van der Waals surface area contributed by atoms with Crippen molar-refractivity contribution >= 4 is 81.7 Å². The molecule has 3 fully saturated rings. The van der Waals surface area contributed by atoms with Crippen molar-refractivity contribution in [2.24, 2.45) is 10.9 Å². The summed E-state index contributed by atoms with van der Waals surface area (Å²) in [6, 6.07) is 3.96. The number of nitrogens with two attached hydrogens (primary N) is 2. The van der Waals surface area contributed by atoms with E-state index in [0.717, 1.165) is 43.4 Å². The van der Waals surface area contributed by atoms with Crippen molar-refractivity contribution in [3.63, 3.8) is 0 Å². The van der Waals surface area contributed by atoms with Gasteiger partial charge in [-0.2, -0.15) is 0 Å². The first-order valence-corrected chi connectivity index (χ1v) is 16.4. The highest BCUT2D eigenvalue weighted by molar-refractivity contribution is 8.01. The van der Waals surface area contributed by atoms with E-state index in [9.17, 15) is 24.0 Å². The van der Waals surface area contributed by atoms with Crippen LogP contribution in [-0.2, 0) is 33.5 Å². The minimum absolute atomic E-state index is 0. The standard InChI is InChI=1S/C29H35N7O8S2.ClH/c1-29(2)22(27(41)43-14-42-26(40)15-8-10-16(11-9-15)32-19(37)12-30)36-24(39)21(25(36)46-29)34-23(38)20(18-13-45-28(31)33-18)35-44-17-6-4-3-5-7-17;/h8-11,13,17,21-22,25H,3-7,12,14,30H2,1-2H3,(H2,31,33)(H,32,37)(H,34,38);1H/b35-20-;/t21-,22-,25+;/m0./s1. The fraction of sp³-hybridized carbons (Fsp3) is 0.483. The molecule has 0 radical (unpaired) electrons. The molecule has 18 heteroatoms. The topological polar surface area (TPSA) is 218 Å². The number of carbonyl (C=O) groups is 5. The lowest BCUT2D eigenvalue weighted by Gasteiger charge is -2.43. The fourth-order valence-corrected chi connectivity index (χ4v) is 7.61. The lowest BCUT2D eigenvalue weighted by molar-refractivity contribution is -0.169. The number of anilines is 2. The molecule has 5 rings (SSSR count). The molecule has 1 aromatic carbocycles. The molecule has 3 atom stereocenters. The van der Waals surface area contributed by atoms with Gasteiger partial charge < -0.3 is 41.3 Å². The molecule has 1 saturated carbocycles. The predicted octanol–water partition coefficient (Wildman–Crippen LogP) is 2.00. The number of thioether (sulfide) groups is 1. The summed E-state index contributed by atoms with van der Waals surface area (Å²) in [6.07, 6.45) is 4.72. The molecule has 6 N–H and O–H groups in total. The van der Waals surface area contributed by atoms with Gasteiger partial charge in [0.2, 0.25) is 18.6 Å². The van der Waals surface area contributed by atoms with Gasteiger partial charge in [-0.15, -0.1) is 35.5 Å². The molecule has 2 aromatic rings. The maximum atomic E-state index is 13.4. The number of hydrogen-bond acceptors (Lipinski definition) is 14. The number of esters is 2. The van der Waals surface area contributed by atoms with Crippen LogP contribution in [0.1, 0.15) is 62.0 Å². The Morgan fingerprint density at radius 1 is 1.11 bits per heavy atom. The number of thiazole rings is 1. The number of benzene rings is 1. The minimum Gasteiger partial charge on any atom is -0.426 e. The van der Waals surface area contributed by atoms with Gasteiger partial charge in [-0.25, -0.2) is 14.6 Å². The van der Waals surface area contributed by atoms with Crippen LogP contribution in [0.4, 0.5) is 10.8 Å². The second-order valence-corrected chi connectivity index (χ2v) is 14.1. The fourth-order valence-electron chi connectivity index (χ4n) is 5.44. The maximum absolute atomic E-state index is 13.4. The van der Waals surface area contributed by atoms with Gasteiger partial charge >= 0.3 is 11.9 Å². The average molecular weight is 710 g/mol. The van der Waals surface area contributed by atoms with Crippen molar-refractivity contribution in [2.45, 2.75) is 74.3 Å². The molecule has 3 amide bonds. The Morgan fingerprint density at radius 2 is 1.81 bits per heavy atom. The van der Waals surface area contributed by atoms with E-state index in [2.05, 4.69) is 20.8 Å². The number of carbonyl (C=O) groups excluding carboxylic acids is 5. The van der Waals surface area contributed by atoms with Crippen LogP contribution in [0.2, 0.25) is 0 Å². The monoisotopic (exact) mass is 709 g/mol. The number of halogens is 1. The van der Waals surface area contributed by atoms with E-state index in [1.165, 1.54) is 40.9 Å². The van der Waals surface area contributed by atoms with Crippen LogP contribution in [0.3, 0.4) is 0 Å². The maximum Gasteiger partial charge on any atom is 0.341 e. The third-order valence-electron chi connectivity index (χ3n) is 7.76. The summed E-state index contributed by atoms with van der Waals surface area (Å²) in [5, 5.41) is 10.7. The highest BCUT2D eigenvalue weighted by atomic mass is 35.5. The number of β-lactam (4-membered cyclic amide) rings is 1. The molecule has 1 aromatic heterocycles. The lowest BCUT2D eigenvalue weighted by Crippen LogP contribution is -2.71. The van der Waals surface area contributed by atoms with Gasteiger partial charge in [-0.3, -0.25) is 14.4 Å². The molecule has 3 heterocycles. The zero-order valence-corrected chi connectivity index (χ0v) is 28.1. The lowest BCUT2D eigenvalue weighted by atomic mass is 9.96. The summed E-state index contributed by atoms with van der Waals surface area (Å²) >= 11 is 2.49. The number of ether oxygens (including phenoxy) is 2. The van der Waals surface area contributed by atoms with Crippen LogP contribution in [0.5, 0.6) is 0 Å². The highest BCUT2D eigenvalue weighted by Gasteiger charge is 2.64. The molecular formula is C29H36ClN7O8S2. The quantitative estimate of drug-likeness (QED) is 0.0866. The molecule has 2 saturated heterocycles. The van der Waals surface area contributed by atoms with Gasteiger partial charge in [0, 0.05) is 15.8 Å². The van der Waals surface area contributed by atoms with Crippen LogP contribution >= 0.6 is 35.5 Å². The average Bonchev–Trinajstić information content (AvgIpc) is 3.58. The molecule has 47 heavy (non-hydrogen) atoms. The normalized spacial score (nSPS) is 21.9. The highest BCUT2D eigenvalue weighted by Crippen LogP contribution is 2.51. The van der Waals surface area contributed by atoms with E-state index in [0.29, 0.717) is 5.69 Å². The Labute approximate surface area is 284 Å². The Bertz CT molecular complexity index is 1530. The van der Waals surface area contributed by atoms with Crippen LogP contribution in [0, 0.1) is 0 Å². The molecule has 1 aliphatic carbocycles. The van der Waals surface area contributed by atoms with Gasteiger partial charge in [-0.1, -0.05) is 11.6 Å². The van der Waals surface area contributed by atoms with Crippen molar-refractivity contribution in [3.8, 4) is 0 Å². The van der Waals surface area contributed by atoms with E-state index >= 15 is 0 Å². The molecule has 0 bridgehead atoms. The predicted molar refractivity (Wildman–Crippen MR) is 177 cm³/mol. The van der Waals surface area contributed by atoms with E-state index in [-0.39, 0.29) is 53.1 Å². The van der Waals surface area contributed by atoms with Gasteiger partial charge in [0.05, 0.1) is 12.1 Å². The van der Waals surface area contributed by atoms with Gasteiger partial charge in [0.15, 0.2) is 10.8 Å². The van der Waals surface area contributed by atoms with Gasteiger partial charge in [0.1, 0.15) is 29.3 Å². The molecule has 3 aliphatic rings. The summed E-state index contributed by atoms with van der Waals surface area (Å²) in [5.74, 6) is -3.01. The first kappa shape index (κ1) is 35.9. The number of nitrogen functional groups attached to an aromatic ring is 1. The van der Waals surface area contributed by atoms with Crippen LogP contribution < -0.4 is 22.1 Å². The first-order valence-electron chi connectivity index (χ1n) is 14.7. The molecule has 2 aliphatic heterocycles.